The van der Waals surface area contributed by atoms with Crippen LogP contribution in [-0.4, -0.2) is 21.8 Å². The molecule has 1 unspecified atom stereocenters. The van der Waals surface area contributed by atoms with Gasteiger partial charge in [0.2, 0.25) is 6.79 Å². The Morgan fingerprint density at radius 1 is 1.37 bits per heavy atom. The van der Waals surface area contributed by atoms with Gasteiger partial charge in [0, 0.05) is 25.8 Å². The number of fused-ring (bicyclic) bond motifs is 1. The van der Waals surface area contributed by atoms with Crippen LogP contribution in [-0.2, 0) is 13.6 Å². The molecule has 6 nitrogen and oxygen atoms in total. The van der Waals surface area contributed by atoms with Crippen LogP contribution in [0.1, 0.15) is 24.2 Å². The minimum Gasteiger partial charge on any atom is -0.454 e. The van der Waals surface area contributed by atoms with Gasteiger partial charge in [0.1, 0.15) is 0 Å². The largest absolute Gasteiger partial charge is 0.454 e. The fourth-order valence-corrected chi connectivity index (χ4v) is 2.03. The van der Waals surface area contributed by atoms with Crippen molar-refractivity contribution >= 4 is 0 Å². The van der Waals surface area contributed by atoms with Crippen molar-refractivity contribution in [3.63, 3.8) is 0 Å². The SMILES string of the molecule is CC(NCc1cn(C)nn1)c1ccc2c(c1)OCO2. The molecule has 6 heteroatoms. The summed E-state index contributed by atoms with van der Waals surface area (Å²) in [5.74, 6) is 1.62. The van der Waals surface area contributed by atoms with Gasteiger partial charge in [-0.25, -0.2) is 0 Å². The molecule has 1 aromatic carbocycles. The number of ether oxygens (including phenoxy) is 2. The van der Waals surface area contributed by atoms with E-state index in [2.05, 4.69) is 22.6 Å². The lowest BCUT2D eigenvalue weighted by Crippen LogP contribution is -2.18. The monoisotopic (exact) mass is 260 g/mol. The first-order valence-corrected chi connectivity index (χ1v) is 6.20. The summed E-state index contributed by atoms with van der Waals surface area (Å²) < 4.78 is 12.4. The van der Waals surface area contributed by atoms with E-state index in [4.69, 9.17) is 9.47 Å². The molecule has 1 aliphatic rings. The highest BCUT2D eigenvalue weighted by atomic mass is 16.7. The average molecular weight is 260 g/mol. The van der Waals surface area contributed by atoms with Crippen molar-refractivity contribution in [2.24, 2.45) is 7.05 Å². The molecule has 1 N–H and O–H groups in total. The lowest BCUT2D eigenvalue weighted by molar-refractivity contribution is 0.174. The predicted octanol–water partition coefficient (Wildman–Crippen LogP) is 1.39. The van der Waals surface area contributed by atoms with Crippen LogP contribution in [0.15, 0.2) is 24.4 Å². The predicted molar refractivity (Wildman–Crippen MR) is 68.8 cm³/mol. The van der Waals surface area contributed by atoms with Crippen LogP contribution in [0.5, 0.6) is 11.5 Å². The highest BCUT2D eigenvalue weighted by molar-refractivity contribution is 5.45. The molecule has 0 spiro atoms. The summed E-state index contributed by atoms with van der Waals surface area (Å²) in [6, 6.07) is 6.20. The number of hydrogen-bond donors (Lipinski definition) is 1. The van der Waals surface area contributed by atoms with E-state index in [-0.39, 0.29) is 6.04 Å². The van der Waals surface area contributed by atoms with Gasteiger partial charge in [-0.05, 0) is 24.6 Å². The van der Waals surface area contributed by atoms with Gasteiger partial charge in [0.15, 0.2) is 11.5 Å². The number of nitrogens with zero attached hydrogens (tertiary/aromatic N) is 3. The molecule has 1 atom stereocenters. The van der Waals surface area contributed by atoms with E-state index in [1.807, 2.05) is 31.4 Å². The maximum atomic E-state index is 5.38. The summed E-state index contributed by atoms with van der Waals surface area (Å²) in [5.41, 5.74) is 2.09. The highest BCUT2D eigenvalue weighted by Crippen LogP contribution is 2.34. The molecule has 2 heterocycles. The lowest BCUT2D eigenvalue weighted by atomic mass is 10.1. The zero-order valence-corrected chi connectivity index (χ0v) is 11.0. The third kappa shape index (κ3) is 2.53. The quantitative estimate of drug-likeness (QED) is 0.900. The number of hydrogen-bond acceptors (Lipinski definition) is 5. The van der Waals surface area contributed by atoms with Crippen LogP contribution in [0.25, 0.3) is 0 Å². The van der Waals surface area contributed by atoms with Crippen molar-refractivity contribution in [3.05, 3.63) is 35.7 Å². The maximum Gasteiger partial charge on any atom is 0.231 e. The summed E-state index contributed by atoms with van der Waals surface area (Å²) in [5, 5.41) is 11.4. The van der Waals surface area contributed by atoms with Gasteiger partial charge in [-0.2, -0.15) is 0 Å². The second-order valence-corrected chi connectivity index (χ2v) is 4.60. The summed E-state index contributed by atoms with van der Waals surface area (Å²) in [4.78, 5) is 0. The summed E-state index contributed by atoms with van der Waals surface area (Å²) in [7, 11) is 1.86. The van der Waals surface area contributed by atoms with Crippen LogP contribution >= 0.6 is 0 Å². The zero-order valence-electron chi connectivity index (χ0n) is 11.0. The topological polar surface area (TPSA) is 61.2 Å². The normalized spacial score (nSPS) is 14.6. The molecule has 19 heavy (non-hydrogen) atoms. The van der Waals surface area contributed by atoms with Crippen LogP contribution in [0.4, 0.5) is 0 Å². The van der Waals surface area contributed by atoms with Crippen molar-refractivity contribution in [2.75, 3.05) is 6.79 Å². The molecule has 0 radical (unpaired) electrons. The van der Waals surface area contributed by atoms with Gasteiger partial charge in [-0.15, -0.1) is 5.10 Å². The number of aromatic nitrogens is 3. The Kier molecular flexibility index (Phi) is 3.08. The van der Waals surface area contributed by atoms with E-state index in [1.165, 1.54) is 0 Å². The number of benzene rings is 1. The molecule has 3 rings (SSSR count). The second-order valence-electron chi connectivity index (χ2n) is 4.60. The van der Waals surface area contributed by atoms with Crippen LogP contribution in [0.2, 0.25) is 0 Å². The number of aryl methyl sites for hydroxylation is 1. The summed E-state index contributed by atoms with van der Waals surface area (Å²) >= 11 is 0. The third-order valence-corrected chi connectivity index (χ3v) is 3.14. The van der Waals surface area contributed by atoms with Crippen molar-refractivity contribution in [2.45, 2.75) is 19.5 Å². The van der Waals surface area contributed by atoms with E-state index in [0.29, 0.717) is 13.3 Å². The van der Waals surface area contributed by atoms with Crippen molar-refractivity contribution in [1.29, 1.82) is 0 Å². The fourth-order valence-electron chi connectivity index (χ4n) is 2.03. The van der Waals surface area contributed by atoms with Crippen molar-refractivity contribution < 1.29 is 9.47 Å². The van der Waals surface area contributed by atoms with Crippen molar-refractivity contribution in [1.82, 2.24) is 20.3 Å². The summed E-state index contributed by atoms with van der Waals surface area (Å²) in [6.07, 6.45) is 1.90. The Morgan fingerprint density at radius 3 is 3.00 bits per heavy atom. The minimum absolute atomic E-state index is 0.205. The molecule has 0 bridgehead atoms. The zero-order chi connectivity index (χ0) is 13.2. The fraction of sp³-hybridized carbons (Fsp3) is 0.385. The molecule has 1 aliphatic heterocycles. The van der Waals surface area contributed by atoms with Gasteiger partial charge in [0.05, 0.1) is 5.69 Å². The molecule has 0 saturated carbocycles. The first-order valence-electron chi connectivity index (χ1n) is 6.20. The number of nitrogens with one attached hydrogen (secondary N) is 1. The van der Waals surface area contributed by atoms with E-state index in [9.17, 15) is 0 Å². The standard InChI is InChI=1S/C13H16N4O2/c1-9(14-6-11-7-17(2)16-15-11)10-3-4-12-13(5-10)19-8-18-12/h3-5,7,9,14H,6,8H2,1-2H3. The van der Waals surface area contributed by atoms with Gasteiger partial charge in [-0.3, -0.25) is 4.68 Å². The van der Waals surface area contributed by atoms with Crippen LogP contribution in [0.3, 0.4) is 0 Å². The average Bonchev–Trinajstić information content (AvgIpc) is 3.03. The molecule has 100 valence electrons. The van der Waals surface area contributed by atoms with Gasteiger partial charge >= 0.3 is 0 Å². The molecular weight excluding hydrogens is 244 g/mol. The second kappa shape index (κ2) is 4.89. The smallest absolute Gasteiger partial charge is 0.231 e. The molecule has 0 saturated heterocycles. The Hall–Kier alpha value is -2.08. The van der Waals surface area contributed by atoms with Gasteiger partial charge in [-0.1, -0.05) is 11.3 Å². The molecule has 0 fully saturated rings. The van der Waals surface area contributed by atoms with E-state index >= 15 is 0 Å². The molecule has 0 amide bonds. The molecule has 1 aromatic heterocycles. The van der Waals surface area contributed by atoms with E-state index < -0.39 is 0 Å². The highest BCUT2D eigenvalue weighted by Gasteiger charge is 2.15. The number of rotatable bonds is 4. The summed E-state index contributed by atoms with van der Waals surface area (Å²) in [6.45, 7) is 3.09. The van der Waals surface area contributed by atoms with E-state index in [1.54, 1.807) is 4.68 Å². The van der Waals surface area contributed by atoms with Gasteiger partial charge in [0.25, 0.3) is 0 Å². The first-order chi connectivity index (χ1) is 9.22. The molecule has 0 aliphatic carbocycles. The Morgan fingerprint density at radius 2 is 2.21 bits per heavy atom. The molecule has 2 aromatic rings. The van der Waals surface area contributed by atoms with E-state index in [0.717, 1.165) is 22.8 Å². The minimum atomic E-state index is 0.205. The lowest BCUT2D eigenvalue weighted by Gasteiger charge is -2.13. The van der Waals surface area contributed by atoms with Gasteiger partial charge < -0.3 is 14.8 Å². The Bertz CT molecular complexity index is 582. The Balaban J connectivity index is 1.65. The molecular formula is C13H16N4O2. The Labute approximate surface area is 111 Å². The first kappa shape index (κ1) is 12.0. The van der Waals surface area contributed by atoms with Crippen molar-refractivity contribution in [3.8, 4) is 11.5 Å². The van der Waals surface area contributed by atoms with Crippen LogP contribution < -0.4 is 14.8 Å². The van der Waals surface area contributed by atoms with Crippen LogP contribution in [0, 0.1) is 0 Å². The maximum absolute atomic E-state index is 5.38. The third-order valence-electron chi connectivity index (χ3n) is 3.14.